The van der Waals surface area contributed by atoms with Crippen molar-refractivity contribution in [2.24, 2.45) is 11.8 Å². The number of alkyl halides is 2. The second kappa shape index (κ2) is 4.58. The number of amides is 1. The molecule has 2 nitrogen and oxygen atoms in total. The summed E-state index contributed by atoms with van der Waals surface area (Å²) in [4.78, 5) is 13.9. The van der Waals surface area contributed by atoms with Gasteiger partial charge < -0.3 is 4.90 Å². The highest BCUT2D eigenvalue weighted by Gasteiger charge is 2.53. The summed E-state index contributed by atoms with van der Waals surface area (Å²) in [5.41, 5.74) is 0.589. The molecule has 1 saturated heterocycles. The molecule has 2 unspecified atom stereocenters. The average molecular weight is 265 g/mol. The molecule has 2 bridgehead atoms. The molecular weight excluding hydrogens is 248 g/mol. The lowest BCUT2D eigenvalue weighted by Gasteiger charge is -2.47. The first-order chi connectivity index (χ1) is 9.09. The van der Waals surface area contributed by atoms with E-state index in [2.05, 4.69) is 0 Å². The van der Waals surface area contributed by atoms with E-state index in [0.29, 0.717) is 18.4 Å². The van der Waals surface area contributed by atoms with Crippen LogP contribution in [0, 0.1) is 11.8 Å². The molecule has 1 aromatic rings. The van der Waals surface area contributed by atoms with Crippen LogP contribution in [0.5, 0.6) is 0 Å². The van der Waals surface area contributed by atoms with Crippen molar-refractivity contribution in [3.05, 3.63) is 35.9 Å². The number of hydrogen-bond acceptors (Lipinski definition) is 1. The number of fused-ring (bicyclic) bond motifs is 2. The lowest BCUT2D eigenvalue weighted by molar-refractivity contribution is -0.164. The lowest BCUT2D eigenvalue weighted by atomic mass is 9.74. The Bertz CT molecular complexity index is 458. The van der Waals surface area contributed by atoms with Crippen LogP contribution in [0.1, 0.15) is 29.6 Å². The first kappa shape index (κ1) is 12.6. The molecule has 2 aliphatic rings. The minimum Gasteiger partial charge on any atom is -0.338 e. The summed E-state index contributed by atoms with van der Waals surface area (Å²) < 4.78 is 28.0. The largest absolute Gasteiger partial charge is 0.338 e. The number of benzene rings is 1. The summed E-state index contributed by atoms with van der Waals surface area (Å²) >= 11 is 0. The standard InChI is InChI=1S/C15H17F2NO/c16-15(17)12-7-4-8-13(15)10-18(9-12)14(19)11-5-2-1-3-6-11/h1-3,5-6,12-13H,4,7-10H2. The summed E-state index contributed by atoms with van der Waals surface area (Å²) in [7, 11) is 0. The van der Waals surface area contributed by atoms with Crippen molar-refractivity contribution >= 4 is 5.91 Å². The normalized spacial score (nSPS) is 29.1. The van der Waals surface area contributed by atoms with Gasteiger partial charge >= 0.3 is 0 Å². The van der Waals surface area contributed by atoms with Crippen molar-refractivity contribution in [1.82, 2.24) is 4.90 Å². The predicted molar refractivity (Wildman–Crippen MR) is 68.1 cm³/mol. The van der Waals surface area contributed by atoms with Crippen LogP contribution in [0.3, 0.4) is 0 Å². The molecule has 19 heavy (non-hydrogen) atoms. The summed E-state index contributed by atoms with van der Waals surface area (Å²) in [5.74, 6) is -4.03. The molecule has 2 atom stereocenters. The number of carbonyl (C=O) groups excluding carboxylic acids is 1. The maximum absolute atomic E-state index is 14.0. The SMILES string of the molecule is O=C(c1ccccc1)N1CC2CCCC(C1)C2(F)F. The Morgan fingerprint density at radius 3 is 2.26 bits per heavy atom. The highest BCUT2D eigenvalue weighted by atomic mass is 19.3. The van der Waals surface area contributed by atoms with Gasteiger partial charge in [0.2, 0.25) is 0 Å². The molecule has 102 valence electrons. The molecule has 0 aromatic heterocycles. The monoisotopic (exact) mass is 265 g/mol. The zero-order valence-electron chi connectivity index (χ0n) is 10.7. The van der Waals surface area contributed by atoms with E-state index in [4.69, 9.17) is 0 Å². The first-order valence-electron chi connectivity index (χ1n) is 6.81. The summed E-state index contributed by atoms with van der Waals surface area (Å²) in [5, 5.41) is 0. The minimum atomic E-state index is -2.59. The molecule has 1 aliphatic heterocycles. The van der Waals surface area contributed by atoms with Gasteiger partial charge in [-0.1, -0.05) is 24.6 Å². The molecule has 1 amide bonds. The minimum absolute atomic E-state index is 0.118. The van der Waals surface area contributed by atoms with Crippen LogP contribution < -0.4 is 0 Å². The van der Waals surface area contributed by atoms with E-state index in [1.54, 1.807) is 29.2 Å². The van der Waals surface area contributed by atoms with E-state index in [0.717, 1.165) is 6.42 Å². The first-order valence-corrected chi connectivity index (χ1v) is 6.81. The Hall–Kier alpha value is -1.45. The number of piperidine rings is 1. The second-order valence-corrected chi connectivity index (χ2v) is 5.58. The van der Waals surface area contributed by atoms with Crippen LogP contribution in [0.25, 0.3) is 0 Å². The maximum atomic E-state index is 14.0. The topological polar surface area (TPSA) is 20.3 Å². The van der Waals surface area contributed by atoms with E-state index in [1.807, 2.05) is 6.07 Å². The van der Waals surface area contributed by atoms with Gasteiger partial charge in [0.05, 0.1) is 0 Å². The fourth-order valence-corrected chi connectivity index (χ4v) is 3.29. The average Bonchev–Trinajstić information content (AvgIpc) is 2.37. The Kier molecular flexibility index (Phi) is 3.03. The molecule has 1 aliphatic carbocycles. The van der Waals surface area contributed by atoms with E-state index < -0.39 is 17.8 Å². The van der Waals surface area contributed by atoms with Crippen LogP contribution in [0.4, 0.5) is 8.78 Å². The Labute approximate surface area is 111 Å². The molecule has 0 spiro atoms. The number of halogens is 2. The highest BCUT2D eigenvalue weighted by Crippen LogP contribution is 2.46. The zero-order chi connectivity index (χ0) is 13.5. The number of carbonyl (C=O) groups is 1. The van der Waals surface area contributed by atoms with E-state index in [-0.39, 0.29) is 19.0 Å². The fraction of sp³-hybridized carbons (Fsp3) is 0.533. The summed E-state index contributed by atoms with van der Waals surface area (Å²) in [6.07, 6.45) is 1.92. The van der Waals surface area contributed by atoms with Gasteiger partial charge in [0.15, 0.2) is 0 Å². The van der Waals surface area contributed by atoms with Crippen LogP contribution in [-0.4, -0.2) is 29.8 Å². The predicted octanol–water partition coefficient (Wildman–Crippen LogP) is 3.19. The fourth-order valence-electron chi connectivity index (χ4n) is 3.29. The molecule has 3 rings (SSSR count). The van der Waals surface area contributed by atoms with Gasteiger partial charge in [-0.15, -0.1) is 0 Å². The molecule has 1 saturated carbocycles. The molecule has 2 fully saturated rings. The third-order valence-electron chi connectivity index (χ3n) is 4.38. The van der Waals surface area contributed by atoms with Crippen molar-refractivity contribution in [2.45, 2.75) is 25.2 Å². The number of rotatable bonds is 1. The van der Waals surface area contributed by atoms with E-state index >= 15 is 0 Å². The van der Waals surface area contributed by atoms with Crippen LogP contribution in [0.15, 0.2) is 30.3 Å². The Morgan fingerprint density at radius 2 is 1.68 bits per heavy atom. The van der Waals surface area contributed by atoms with Crippen molar-refractivity contribution in [3.63, 3.8) is 0 Å². The summed E-state index contributed by atoms with van der Waals surface area (Å²) in [6.45, 7) is 0.383. The molecule has 1 heterocycles. The van der Waals surface area contributed by atoms with Crippen molar-refractivity contribution < 1.29 is 13.6 Å². The van der Waals surface area contributed by atoms with Crippen LogP contribution in [-0.2, 0) is 0 Å². The van der Waals surface area contributed by atoms with Gasteiger partial charge in [0.25, 0.3) is 11.8 Å². The molecule has 0 N–H and O–H groups in total. The van der Waals surface area contributed by atoms with Crippen LogP contribution in [0.2, 0.25) is 0 Å². The quantitative estimate of drug-likeness (QED) is 0.763. The van der Waals surface area contributed by atoms with Gasteiger partial charge in [0, 0.05) is 30.5 Å². The van der Waals surface area contributed by atoms with Crippen molar-refractivity contribution in [1.29, 1.82) is 0 Å². The van der Waals surface area contributed by atoms with Gasteiger partial charge in [-0.3, -0.25) is 4.79 Å². The highest BCUT2D eigenvalue weighted by molar-refractivity contribution is 5.94. The van der Waals surface area contributed by atoms with Crippen LogP contribution >= 0.6 is 0 Å². The Balaban J connectivity index is 1.80. The number of likely N-dealkylation sites (tertiary alicyclic amines) is 1. The van der Waals surface area contributed by atoms with Gasteiger partial charge in [-0.2, -0.15) is 0 Å². The molecular formula is C15H17F2NO. The van der Waals surface area contributed by atoms with E-state index in [9.17, 15) is 13.6 Å². The van der Waals surface area contributed by atoms with Crippen molar-refractivity contribution in [2.75, 3.05) is 13.1 Å². The zero-order valence-corrected chi connectivity index (χ0v) is 10.7. The van der Waals surface area contributed by atoms with Gasteiger partial charge in [-0.05, 0) is 25.0 Å². The van der Waals surface area contributed by atoms with Gasteiger partial charge in [-0.25, -0.2) is 8.78 Å². The van der Waals surface area contributed by atoms with Gasteiger partial charge in [0.1, 0.15) is 0 Å². The molecule has 0 radical (unpaired) electrons. The smallest absolute Gasteiger partial charge is 0.257 e. The summed E-state index contributed by atoms with van der Waals surface area (Å²) in [6, 6.07) is 8.92. The maximum Gasteiger partial charge on any atom is 0.257 e. The van der Waals surface area contributed by atoms with E-state index in [1.165, 1.54) is 0 Å². The molecule has 4 heteroatoms. The van der Waals surface area contributed by atoms with Crippen molar-refractivity contribution in [3.8, 4) is 0 Å². The number of hydrogen-bond donors (Lipinski definition) is 0. The second-order valence-electron chi connectivity index (χ2n) is 5.58. The Morgan fingerprint density at radius 1 is 1.11 bits per heavy atom. The lowest BCUT2D eigenvalue weighted by Crippen LogP contribution is -2.56. The number of nitrogens with zero attached hydrogens (tertiary/aromatic N) is 1. The third-order valence-corrected chi connectivity index (χ3v) is 4.38. The molecule has 1 aromatic carbocycles. The third kappa shape index (κ3) is 2.13.